The third kappa shape index (κ3) is 7.70. The average molecular weight is 595 g/mol. The Labute approximate surface area is 250 Å². The number of benzene rings is 2. The fourth-order valence-electron chi connectivity index (χ4n) is 4.75. The highest BCUT2D eigenvalue weighted by atomic mass is 32.1. The fourth-order valence-corrected chi connectivity index (χ4v) is 7.04. The first-order chi connectivity index (χ1) is 19.3. The Hall–Kier alpha value is -2.88. The zero-order chi connectivity index (χ0) is 29.8. The predicted octanol–water partition coefficient (Wildman–Crippen LogP) is 7.79. The Morgan fingerprint density at radius 3 is 2.24 bits per heavy atom. The summed E-state index contributed by atoms with van der Waals surface area (Å²) < 4.78 is 11.9. The molecule has 1 aliphatic rings. The summed E-state index contributed by atoms with van der Waals surface area (Å²) in [5, 5.41) is 8.66. The Balaban J connectivity index is 1.24. The highest BCUT2D eigenvalue weighted by Crippen LogP contribution is 2.39. The van der Waals surface area contributed by atoms with Crippen molar-refractivity contribution in [1.29, 1.82) is 0 Å². The summed E-state index contributed by atoms with van der Waals surface area (Å²) in [6, 6.07) is 16.2. The average Bonchev–Trinajstić information content (AvgIpc) is 3.41. The largest absolute Gasteiger partial charge is 0.497 e. The van der Waals surface area contributed by atoms with Gasteiger partial charge < -0.3 is 19.4 Å². The Bertz CT molecular complexity index is 1290. The lowest BCUT2D eigenvalue weighted by Gasteiger charge is -2.42. The molecule has 1 aliphatic heterocycles. The highest BCUT2D eigenvalue weighted by molar-refractivity contribution is 7.14. The molecule has 1 fully saturated rings. The van der Waals surface area contributed by atoms with Crippen LogP contribution in [0.15, 0.2) is 53.9 Å². The second kappa shape index (κ2) is 12.5. The molecule has 2 amide bonds. The lowest BCUT2D eigenvalue weighted by Crippen LogP contribution is -2.47. The number of hydrogen-bond donors (Lipinski definition) is 2. The number of ether oxygens (including phenoxy) is 1. The lowest BCUT2D eigenvalue weighted by atomic mass is 9.82. The first-order valence-corrected chi connectivity index (χ1v) is 18.2. The molecule has 9 heteroatoms. The van der Waals surface area contributed by atoms with Crippen LogP contribution >= 0.6 is 11.3 Å². The van der Waals surface area contributed by atoms with E-state index in [2.05, 4.69) is 99.6 Å². The smallest absolute Gasteiger partial charge is 0.321 e. The van der Waals surface area contributed by atoms with Crippen molar-refractivity contribution < 1.29 is 14.0 Å². The number of hydrogen-bond acceptors (Lipinski definition) is 6. The van der Waals surface area contributed by atoms with Gasteiger partial charge in [-0.3, -0.25) is 5.32 Å². The van der Waals surface area contributed by atoms with Crippen molar-refractivity contribution in [2.45, 2.75) is 83.7 Å². The molecule has 1 aromatic heterocycles. The molecule has 0 radical (unpaired) electrons. The van der Waals surface area contributed by atoms with E-state index in [4.69, 9.17) is 14.1 Å². The van der Waals surface area contributed by atoms with Crippen molar-refractivity contribution in [1.82, 2.24) is 10.3 Å². The summed E-state index contributed by atoms with van der Waals surface area (Å²) in [7, 11) is -0.0725. The van der Waals surface area contributed by atoms with Crippen molar-refractivity contribution in [2.24, 2.45) is 0 Å². The molecule has 2 heterocycles. The number of thiazole rings is 1. The third-order valence-electron chi connectivity index (χ3n) is 8.64. The van der Waals surface area contributed by atoms with Gasteiger partial charge in [-0.2, -0.15) is 0 Å². The van der Waals surface area contributed by atoms with Crippen LogP contribution in [0.3, 0.4) is 0 Å². The van der Waals surface area contributed by atoms with Crippen LogP contribution in [0.1, 0.15) is 64.3 Å². The summed E-state index contributed by atoms with van der Waals surface area (Å²) in [4.78, 5) is 19.7. The zero-order valence-electron chi connectivity index (χ0n) is 25.8. The monoisotopic (exact) mass is 594 g/mol. The van der Waals surface area contributed by atoms with Crippen LogP contribution in [0, 0.1) is 0 Å². The second-order valence-electron chi connectivity index (χ2n) is 12.9. The number of aromatic nitrogens is 1. The molecule has 2 N–H and O–H groups in total. The van der Waals surface area contributed by atoms with Crippen LogP contribution in [0.2, 0.25) is 18.1 Å². The molecule has 41 heavy (non-hydrogen) atoms. The minimum Gasteiger partial charge on any atom is -0.497 e. The summed E-state index contributed by atoms with van der Waals surface area (Å²) in [6.07, 6.45) is 2.48. The van der Waals surface area contributed by atoms with Crippen LogP contribution in [-0.2, 0) is 16.4 Å². The molecule has 3 aromatic rings. The molecule has 0 atom stereocenters. The van der Waals surface area contributed by atoms with E-state index in [0.29, 0.717) is 17.8 Å². The maximum atomic E-state index is 12.6. The Morgan fingerprint density at radius 2 is 1.66 bits per heavy atom. The number of rotatable bonds is 9. The number of urea groups is 1. The molecule has 0 saturated carbocycles. The van der Waals surface area contributed by atoms with Crippen LogP contribution < -0.4 is 20.3 Å². The van der Waals surface area contributed by atoms with Crippen molar-refractivity contribution in [3.8, 4) is 5.75 Å². The van der Waals surface area contributed by atoms with E-state index in [0.717, 1.165) is 48.5 Å². The quantitative estimate of drug-likeness (QED) is 0.247. The number of carbonyl (C=O) groups is 1. The SMILES string of the molecule is COc1ccc(C(C)(C)c2csc(NC(=O)NCc3ccc(N4CCC(O[Si](C)(C)C(C)(C)C)CC4)cc3)n2)cc1. The number of anilines is 2. The number of amides is 2. The standard InChI is InChI=1S/C32H46N4O3SSi/c1-31(2,3)41(7,8)39-27-17-19-36(20-18-27)25-13-9-23(10-14-25)21-33-29(37)35-30-34-28(22-40-30)32(4,5)24-11-15-26(38-6)16-12-24/h9-16,22,27H,17-21H2,1-8H3,(H2,33,34,35,37). The minimum absolute atomic E-state index is 0.239. The van der Waals surface area contributed by atoms with Gasteiger partial charge in [0.05, 0.1) is 12.8 Å². The maximum absolute atomic E-state index is 12.6. The molecule has 4 rings (SSSR count). The predicted molar refractivity (Wildman–Crippen MR) is 173 cm³/mol. The molecule has 0 aliphatic carbocycles. The van der Waals surface area contributed by atoms with Crippen molar-refractivity contribution in [3.05, 3.63) is 70.7 Å². The Kier molecular flexibility index (Phi) is 9.51. The molecule has 0 unspecified atom stereocenters. The molecule has 7 nitrogen and oxygen atoms in total. The van der Waals surface area contributed by atoms with Gasteiger partial charge in [0.1, 0.15) is 5.75 Å². The number of piperidine rings is 1. The van der Waals surface area contributed by atoms with Gasteiger partial charge in [0.2, 0.25) is 0 Å². The van der Waals surface area contributed by atoms with E-state index in [9.17, 15) is 4.79 Å². The summed E-state index contributed by atoms with van der Waals surface area (Å²) >= 11 is 1.43. The van der Waals surface area contributed by atoms with E-state index in [1.807, 2.05) is 17.5 Å². The molecule has 222 valence electrons. The summed E-state index contributed by atoms with van der Waals surface area (Å²) in [5.74, 6) is 0.823. The Morgan fingerprint density at radius 1 is 1.02 bits per heavy atom. The van der Waals surface area contributed by atoms with E-state index in [1.165, 1.54) is 17.0 Å². The van der Waals surface area contributed by atoms with Gasteiger partial charge in [-0.1, -0.05) is 58.9 Å². The van der Waals surface area contributed by atoms with Gasteiger partial charge in [-0.15, -0.1) is 11.3 Å². The molecule has 0 spiro atoms. The lowest BCUT2D eigenvalue weighted by molar-refractivity contribution is 0.152. The fraction of sp³-hybridized carbons (Fsp3) is 0.500. The number of nitrogens with one attached hydrogen (secondary N) is 2. The summed E-state index contributed by atoms with van der Waals surface area (Å²) in [6.45, 7) is 18.3. The van der Waals surface area contributed by atoms with Gasteiger partial charge in [0, 0.05) is 42.2 Å². The van der Waals surface area contributed by atoms with Crippen LogP contribution in [0.4, 0.5) is 15.6 Å². The van der Waals surface area contributed by atoms with Crippen LogP contribution in [0.25, 0.3) is 0 Å². The third-order valence-corrected chi connectivity index (χ3v) is 13.9. The molecular weight excluding hydrogens is 549 g/mol. The molecule has 0 bridgehead atoms. The van der Waals surface area contributed by atoms with Crippen LogP contribution in [0.5, 0.6) is 5.75 Å². The normalized spacial score (nSPS) is 15.1. The number of methoxy groups -OCH3 is 1. The number of nitrogens with zero attached hydrogens (tertiary/aromatic N) is 2. The van der Waals surface area contributed by atoms with E-state index < -0.39 is 8.32 Å². The summed E-state index contributed by atoms with van der Waals surface area (Å²) in [5.41, 5.74) is 4.02. The molecule has 2 aromatic carbocycles. The van der Waals surface area contributed by atoms with E-state index >= 15 is 0 Å². The topological polar surface area (TPSA) is 75.7 Å². The number of carbonyl (C=O) groups excluding carboxylic acids is 1. The van der Waals surface area contributed by atoms with Crippen molar-refractivity contribution in [3.63, 3.8) is 0 Å². The first-order valence-electron chi connectivity index (χ1n) is 14.5. The maximum Gasteiger partial charge on any atom is 0.321 e. The van der Waals surface area contributed by atoms with Crippen molar-refractivity contribution >= 4 is 36.5 Å². The van der Waals surface area contributed by atoms with Gasteiger partial charge in [0.15, 0.2) is 13.4 Å². The van der Waals surface area contributed by atoms with E-state index in [-0.39, 0.29) is 16.5 Å². The van der Waals surface area contributed by atoms with Gasteiger partial charge >= 0.3 is 6.03 Å². The van der Waals surface area contributed by atoms with Gasteiger partial charge in [0.25, 0.3) is 0 Å². The van der Waals surface area contributed by atoms with Gasteiger partial charge in [-0.25, -0.2) is 9.78 Å². The minimum atomic E-state index is -1.73. The second-order valence-corrected chi connectivity index (χ2v) is 18.5. The molecule has 1 saturated heterocycles. The zero-order valence-corrected chi connectivity index (χ0v) is 27.7. The van der Waals surface area contributed by atoms with Crippen LogP contribution in [-0.4, -0.2) is 45.6 Å². The van der Waals surface area contributed by atoms with Crippen molar-refractivity contribution in [2.75, 3.05) is 30.4 Å². The highest BCUT2D eigenvalue weighted by Gasteiger charge is 2.39. The van der Waals surface area contributed by atoms with Gasteiger partial charge in [-0.05, 0) is 66.4 Å². The van der Waals surface area contributed by atoms with E-state index in [1.54, 1.807) is 7.11 Å². The first kappa shape index (κ1) is 31.1. The molecular formula is C32H46N4O3SSi.